The first kappa shape index (κ1) is 25.9. The van der Waals surface area contributed by atoms with Crippen molar-refractivity contribution in [2.45, 2.75) is 75.7 Å². The summed E-state index contributed by atoms with van der Waals surface area (Å²) in [7, 11) is 0. The topological polar surface area (TPSA) is 72.2 Å². The van der Waals surface area contributed by atoms with Crippen LogP contribution in [-0.2, 0) is 26.2 Å². The van der Waals surface area contributed by atoms with Gasteiger partial charge in [0.2, 0.25) is 5.91 Å². The summed E-state index contributed by atoms with van der Waals surface area (Å²) in [4.78, 5) is 31.0. The molecule has 2 aliphatic heterocycles. The van der Waals surface area contributed by atoms with Gasteiger partial charge in [0.25, 0.3) is 0 Å². The fourth-order valence-corrected chi connectivity index (χ4v) is 8.13. The van der Waals surface area contributed by atoms with Crippen LogP contribution in [0.3, 0.4) is 0 Å². The Labute approximate surface area is 230 Å². The lowest BCUT2D eigenvalue weighted by atomic mass is 9.48. The molecule has 7 nitrogen and oxygen atoms in total. The van der Waals surface area contributed by atoms with E-state index in [4.69, 9.17) is 13.9 Å². The van der Waals surface area contributed by atoms with E-state index in [-0.39, 0.29) is 36.0 Å². The predicted molar refractivity (Wildman–Crippen MR) is 148 cm³/mol. The van der Waals surface area contributed by atoms with Gasteiger partial charge >= 0.3 is 5.97 Å². The van der Waals surface area contributed by atoms with E-state index in [0.29, 0.717) is 19.4 Å². The molecule has 7 heteroatoms. The SMILES string of the molecule is C=CCN1CC[C@]23c4c5cccc4O[C@H]2[C@@H](N(CC(C)C)C(=O)/C=C/c2ccoc2)CC[C@@]3(OC(C)=O)[C@H]1C5. The van der Waals surface area contributed by atoms with Crippen LogP contribution in [0.25, 0.3) is 6.08 Å². The Morgan fingerprint density at radius 3 is 2.85 bits per heavy atom. The maximum Gasteiger partial charge on any atom is 0.303 e. The van der Waals surface area contributed by atoms with Crippen LogP contribution >= 0.6 is 0 Å². The van der Waals surface area contributed by atoms with E-state index < -0.39 is 11.0 Å². The van der Waals surface area contributed by atoms with Crippen molar-refractivity contribution in [3.8, 4) is 5.75 Å². The van der Waals surface area contributed by atoms with Gasteiger partial charge in [0, 0.05) is 43.8 Å². The minimum atomic E-state index is -0.722. The molecule has 1 spiro atoms. The molecule has 0 unspecified atom stereocenters. The molecule has 1 aromatic heterocycles. The number of likely N-dealkylation sites (tertiary alicyclic amines) is 1. The van der Waals surface area contributed by atoms with E-state index in [2.05, 4.69) is 37.5 Å². The summed E-state index contributed by atoms with van der Waals surface area (Å²) in [5.41, 5.74) is 2.07. The summed E-state index contributed by atoms with van der Waals surface area (Å²) in [6, 6.07) is 8.02. The third kappa shape index (κ3) is 3.88. The molecule has 4 aliphatic rings. The van der Waals surface area contributed by atoms with Crippen molar-refractivity contribution in [3.05, 3.63) is 72.2 Å². The van der Waals surface area contributed by atoms with E-state index >= 15 is 0 Å². The second kappa shape index (κ2) is 9.70. The number of benzene rings is 1. The van der Waals surface area contributed by atoms with Crippen molar-refractivity contribution in [1.82, 2.24) is 9.80 Å². The maximum absolute atomic E-state index is 13.8. The Hall–Kier alpha value is -3.32. The zero-order chi connectivity index (χ0) is 27.4. The van der Waals surface area contributed by atoms with Crippen molar-refractivity contribution in [2.75, 3.05) is 19.6 Å². The number of hydrogen-bond acceptors (Lipinski definition) is 6. The highest BCUT2D eigenvalue weighted by Crippen LogP contribution is 2.65. The molecule has 1 saturated carbocycles. The zero-order valence-electron chi connectivity index (χ0n) is 23.1. The second-order valence-electron chi connectivity index (χ2n) is 11.9. The first-order valence-electron chi connectivity index (χ1n) is 14.1. The van der Waals surface area contributed by atoms with Crippen molar-refractivity contribution in [2.24, 2.45) is 5.92 Å². The third-order valence-electron chi connectivity index (χ3n) is 9.30. The van der Waals surface area contributed by atoms with Gasteiger partial charge < -0.3 is 18.8 Å². The summed E-state index contributed by atoms with van der Waals surface area (Å²) in [5.74, 6) is 0.856. The van der Waals surface area contributed by atoms with Crippen LogP contribution in [0.15, 0.2) is 59.9 Å². The van der Waals surface area contributed by atoms with Gasteiger partial charge in [-0.05, 0) is 55.4 Å². The molecule has 206 valence electrons. The number of furan rings is 1. The number of ether oxygens (including phenoxy) is 2. The quantitative estimate of drug-likeness (QED) is 0.279. The molecular weight excluding hydrogens is 492 g/mol. The van der Waals surface area contributed by atoms with Crippen molar-refractivity contribution >= 4 is 18.0 Å². The van der Waals surface area contributed by atoms with Gasteiger partial charge in [0.15, 0.2) is 0 Å². The fraction of sp³-hybridized carbons (Fsp3) is 0.500. The summed E-state index contributed by atoms with van der Waals surface area (Å²) in [6.07, 6.45) is 11.3. The molecule has 3 heterocycles. The molecule has 1 saturated heterocycles. The minimum Gasteiger partial charge on any atom is -0.487 e. The number of piperidine rings is 1. The molecule has 1 aromatic carbocycles. The molecule has 2 bridgehead atoms. The summed E-state index contributed by atoms with van der Waals surface area (Å²) >= 11 is 0. The van der Waals surface area contributed by atoms with Gasteiger partial charge in [-0.15, -0.1) is 6.58 Å². The average molecular weight is 531 g/mol. The zero-order valence-corrected chi connectivity index (χ0v) is 23.1. The molecule has 6 rings (SSSR count). The molecule has 5 atom stereocenters. The number of amides is 1. The molecule has 0 radical (unpaired) electrons. The number of esters is 1. The number of carbonyl (C=O) groups excluding carboxylic acids is 2. The maximum atomic E-state index is 13.8. The van der Waals surface area contributed by atoms with Crippen molar-refractivity contribution < 1.29 is 23.5 Å². The Morgan fingerprint density at radius 1 is 1.28 bits per heavy atom. The lowest BCUT2D eigenvalue weighted by Crippen LogP contribution is -2.79. The van der Waals surface area contributed by atoms with Crippen LogP contribution in [0.4, 0.5) is 0 Å². The normalized spacial score (nSPS) is 30.6. The van der Waals surface area contributed by atoms with Gasteiger partial charge in [-0.3, -0.25) is 14.5 Å². The molecule has 2 aliphatic carbocycles. The van der Waals surface area contributed by atoms with Crippen LogP contribution in [-0.4, -0.2) is 65.1 Å². The molecular formula is C32H38N2O5. The van der Waals surface area contributed by atoms with Gasteiger partial charge in [-0.25, -0.2) is 0 Å². The molecule has 1 amide bonds. The molecule has 39 heavy (non-hydrogen) atoms. The van der Waals surface area contributed by atoms with Crippen LogP contribution in [0.5, 0.6) is 5.75 Å². The molecule has 0 N–H and O–H groups in total. The van der Waals surface area contributed by atoms with E-state index in [9.17, 15) is 9.59 Å². The van der Waals surface area contributed by atoms with Crippen molar-refractivity contribution in [3.63, 3.8) is 0 Å². The number of nitrogens with zero attached hydrogens (tertiary/aromatic N) is 2. The van der Waals surface area contributed by atoms with Gasteiger partial charge in [0.1, 0.15) is 17.5 Å². The summed E-state index contributed by atoms with van der Waals surface area (Å²) in [6.45, 7) is 12.0. The van der Waals surface area contributed by atoms with Crippen LogP contribution in [0, 0.1) is 5.92 Å². The fourth-order valence-electron chi connectivity index (χ4n) is 8.13. The average Bonchev–Trinajstić information content (AvgIpc) is 3.53. The van der Waals surface area contributed by atoms with E-state index in [1.807, 2.05) is 23.1 Å². The van der Waals surface area contributed by atoms with Gasteiger partial charge in [-0.2, -0.15) is 0 Å². The van der Waals surface area contributed by atoms with Crippen LogP contribution in [0.1, 0.15) is 56.7 Å². The Bertz CT molecular complexity index is 1300. The highest BCUT2D eigenvalue weighted by Gasteiger charge is 2.75. The van der Waals surface area contributed by atoms with Gasteiger partial charge in [-0.1, -0.05) is 32.1 Å². The standard InChI is InChI=1S/C32H38N2O5/c1-5-15-33-16-14-31-29-24-7-6-8-26(29)38-30(31)25(11-13-32(31,27(33)18-24)39-22(4)35)34(19-21(2)3)28(36)10-9-23-12-17-37-20-23/h5-10,12,17,20-21,25,27,30H,1,11,13-16,18-19H2,2-4H3/b10-9+/t25-,27+,30-,31-,32+/m0/s1. The first-order valence-corrected chi connectivity index (χ1v) is 14.1. The molecule has 2 aromatic rings. The first-order chi connectivity index (χ1) is 18.8. The van der Waals surface area contributed by atoms with E-state index in [1.54, 1.807) is 24.7 Å². The van der Waals surface area contributed by atoms with Crippen molar-refractivity contribution in [1.29, 1.82) is 0 Å². The lowest BCUT2D eigenvalue weighted by Gasteiger charge is -2.65. The molecule has 2 fully saturated rings. The van der Waals surface area contributed by atoms with Crippen LogP contribution < -0.4 is 4.74 Å². The highest BCUT2D eigenvalue weighted by atomic mass is 16.6. The predicted octanol–water partition coefficient (Wildman–Crippen LogP) is 4.76. The third-order valence-corrected chi connectivity index (χ3v) is 9.30. The van der Waals surface area contributed by atoms with Gasteiger partial charge in [0.05, 0.1) is 30.0 Å². The lowest BCUT2D eigenvalue weighted by molar-refractivity contribution is -0.223. The minimum absolute atomic E-state index is 0.0243. The Morgan fingerprint density at radius 2 is 2.13 bits per heavy atom. The number of hydrogen-bond donors (Lipinski definition) is 0. The number of rotatable bonds is 8. The Kier molecular flexibility index (Phi) is 6.45. The monoisotopic (exact) mass is 530 g/mol. The van der Waals surface area contributed by atoms with E-state index in [0.717, 1.165) is 37.2 Å². The highest BCUT2D eigenvalue weighted by molar-refractivity contribution is 5.92. The van der Waals surface area contributed by atoms with Crippen LogP contribution in [0.2, 0.25) is 0 Å². The summed E-state index contributed by atoms with van der Waals surface area (Å²) in [5, 5.41) is 0. The largest absolute Gasteiger partial charge is 0.487 e. The summed E-state index contributed by atoms with van der Waals surface area (Å²) < 4.78 is 18.6. The number of carbonyl (C=O) groups is 2. The Balaban J connectivity index is 1.47. The van der Waals surface area contributed by atoms with E-state index in [1.165, 1.54) is 18.1 Å². The second-order valence-corrected chi connectivity index (χ2v) is 11.9. The smallest absolute Gasteiger partial charge is 0.303 e.